The summed E-state index contributed by atoms with van der Waals surface area (Å²) in [6.07, 6.45) is 4.20. The first-order valence-corrected chi connectivity index (χ1v) is 4.63. The minimum absolute atomic E-state index is 0.0112. The Morgan fingerprint density at radius 1 is 1.42 bits per heavy atom. The van der Waals surface area contributed by atoms with Crippen molar-refractivity contribution >= 4 is 5.91 Å². The Balaban J connectivity index is 1.91. The lowest BCUT2D eigenvalue weighted by atomic mass is 10.1. The average molecular weight is 168 g/mol. The van der Waals surface area contributed by atoms with Gasteiger partial charge in [-0.05, 0) is 25.7 Å². The van der Waals surface area contributed by atoms with E-state index in [1.165, 1.54) is 0 Å². The smallest absolute Gasteiger partial charge is 0.226 e. The second-order valence-corrected chi connectivity index (χ2v) is 4.50. The van der Waals surface area contributed by atoms with Gasteiger partial charge in [0.25, 0.3) is 0 Å². The standard InChI is InChI=1S/C9H16N2O/c1-8(2-3-8)7(12)11-9(6-10)4-5-9/h2-6,10H2,1H3,(H,11,12). The third-order valence-corrected chi connectivity index (χ3v) is 3.17. The van der Waals surface area contributed by atoms with Gasteiger partial charge in [-0.1, -0.05) is 6.92 Å². The van der Waals surface area contributed by atoms with Gasteiger partial charge < -0.3 is 11.1 Å². The number of hydrogen-bond donors (Lipinski definition) is 2. The van der Waals surface area contributed by atoms with Crippen molar-refractivity contribution in [3.05, 3.63) is 0 Å². The molecule has 0 spiro atoms. The van der Waals surface area contributed by atoms with Gasteiger partial charge in [-0.25, -0.2) is 0 Å². The zero-order chi connectivity index (χ0) is 8.82. The first kappa shape index (κ1) is 8.05. The van der Waals surface area contributed by atoms with E-state index in [2.05, 4.69) is 5.32 Å². The van der Waals surface area contributed by atoms with Crippen molar-refractivity contribution < 1.29 is 4.79 Å². The summed E-state index contributed by atoms with van der Waals surface area (Å²) in [7, 11) is 0. The van der Waals surface area contributed by atoms with Gasteiger partial charge >= 0.3 is 0 Å². The Kier molecular flexibility index (Phi) is 1.49. The molecule has 0 aromatic rings. The summed E-state index contributed by atoms with van der Waals surface area (Å²) in [5.41, 5.74) is 5.50. The highest BCUT2D eigenvalue weighted by Gasteiger charge is 2.50. The van der Waals surface area contributed by atoms with Gasteiger partial charge in [0.1, 0.15) is 0 Å². The zero-order valence-corrected chi connectivity index (χ0v) is 7.52. The fourth-order valence-electron chi connectivity index (χ4n) is 1.34. The molecule has 0 bridgehead atoms. The SMILES string of the molecule is CC1(C(=O)NC2(CN)CC2)CC1. The second kappa shape index (κ2) is 2.22. The quantitative estimate of drug-likeness (QED) is 0.640. The molecular weight excluding hydrogens is 152 g/mol. The van der Waals surface area contributed by atoms with E-state index in [-0.39, 0.29) is 16.9 Å². The molecule has 1 amide bonds. The molecule has 12 heavy (non-hydrogen) atoms. The molecule has 2 aliphatic carbocycles. The van der Waals surface area contributed by atoms with Crippen molar-refractivity contribution in [3.8, 4) is 0 Å². The second-order valence-electron chi connectivity index (χ2n) is 4.50. The topological polar surface area (TPSA) is 55.1 Å². The Bertz CT molecular complexity index is 217. The molecular formula is C9H16N2O. The van der Waals surface area contributed by atoms with E-state index in [0.29, 0.717) is 6.54 Å². The van der Waals surface area contributed by atoms with E-state index in [1.54, 1.807) is 0 Å². The van der Waals surface area contributed by atoms with Gasteiger partial charge in [0.2, 0.25) is 5.91 Å². The van der Waals surface area contributed by atoms with Gasteiger partial charge in [0.15, 0.2) is 0 Å². The van der Waals surface area contributed by atoms with Crippen molar-refractivity contribution in [2.75, 3.05) is 6.54 Å². The number of carbonyl (C=O) groups is 1. The molecule has 2 rings (SSSR count). The normalized spacial score (nSPS) is 27.8. The van der Waals surface area contributed by atoms with Crippen molar-refractivity contribution in [1.82, 2.24) is 5.32 Å². The van der Waals surface area contributed by atoms with Gasteiger partial charge in [0.05, 0.1) is 5.54 Å². The summed E-state index contributed by atoms with van der Waals surface area (Å²) in [5.74, 6) is 0.213. The average Bonchev–Trinajstić information content (AvgIpc) is 2.90. The first-order valence-electron chi connectivity index (χ1n) is 4.63. The van der Waals surface area contributed by atoms with Crippen LogP contribution in [0.5, 0.6) is 0 Å². The van der Waals surface area contributed by atoms with Crippen molar-refractivity contribution in [2.24, 2.45) is 11.1 Å². The van der Waals surface area contributed by atoms with Gasteiger partial charge in [-0.2, -0.15) is 0 Å². The largest absolute Gasteiger partial charge is 0.349 e. The number of amides is 1. The van der Waals surface area contributed by atoms with Gasteiger partial charge in [-0.3, -0.25) is 4.79 Å². The first-order chi connectivity index (χ1) is 5.60. The molecule has 68 valence electrons. The van der Waals surface area contributed by atoms with Crippen LogP contribution in [-0.4, -0.2) is 18.0 Å². The predicted octanol–water partition coefficient (Wildman–Crippen LogP) is 0.394. The van der Waals surface area contributed by atoms with Crippen LogP contribution >= 0.6 is 0 Å². The molecule has 3 N–H and O–H groups in total. The lowest BCUT2D eigenvalue weighted by Gasteiger charge is -2.17. The maximum absolute atomic E-state index is 11.6. The lowest BCUT2D eigenvalue weighted by Crippen LogP contribution is -2.45. The molecule has 0 saturated heterocycles. The summed E-state index contributed by atoms with van der Waals surface area (Å²) < 4.78 is 0. The Hall–Kier alpha value is -0.570. The van der Waals surface area contributed by atoms with E-state index in [1.807, 2.05) is 6.92 Å². The number of nitrogens with one attached hydrogen (secondary N) is 1. The van der Waals surface area contributed by atoms with Crippen LogP contribution < -0.4 is 11.1 Å². The zero-order valence-electron chi connectivity index (χ0n) is 7.52. The number of rotatable bonds is 3. The molecule has 2 aliphatic rings. The Labute approximate surface area is 72.7 Å². The summed E-state index contributed by atoms with van der Waals surface area (Å²) in [4.78, 5) is 11.6. The third kappa shape index (κ3) is 1.22. The monoisotopic (exact) mass is 168 g/mol. The van der Waals surface area contributed by atoms with Crippen LogP contribution in [0.25, 0.3) is 0 Å². The molecule has 0 radical (unpaired) electrons. The summed E-state index contributed by atoms with van der Waals surface area (Å²) in [5, 5.41) is 3.06. The lowest BCUT2D eigenvalue weighted by molar-refractivity contribution is -0.126. The highest BCUT2D eigenvalue weighted by molar-refractivity contribution is 5.85. The number of nitrogens with two attached hydrogens (primary N) is 1. The van der Waals surface area contributed by atoms with E-state index in [4.69, 9.17) is 5.73 Å². The maximum Gasteiger partial charge on any atom is 0.226 e. The number of hydrogen-bond acceptors (Lipinski definition) is 2. The predicted molar refractivity (Wildman–Crippen MR) is 46.5 cm³/mol. The molecule has 0 aromatic carbocycles. The van der Waals surface area contributed by atoms with Crippen LogP contribution in [-0.2, 0) is 4.79 Å². The highest BCUT2D eigenvalue weighted by atomic mass is 16.2. The fraction of sp³-hybridized carbons (Fsp3) is 0.889. The van der Waals surface area contributed by atoms with Crippen LogP contribution in [0.4, 0.5) is 0 Å². The van der Waals surface area contributed by atoms with Crippen LogP contribution in [0.2, 0.25) is 0 Å². The highest BCUT2D eigenvalue weighted by Crippen LogP contribution is 2.46. The molecule has 0 atom stereocenters. The number of carbonyl (C=O) groups excluding carboxylic acids is 1. The summed E-state index contributed by atoms with van der Waals surface area (Å²) >= 11 is 0. The van der Waals surface area contributed by atoms with E-state index >= 15 is 0 Å². The molecule has 3 heteroatoms. The minimum atomic E-state index is -0.0508. The van der Waals surface area contributed by atoms with Gasteiger partial charge in [-0.15, -0.1) is 0 Å². The minimum Gasteiger partial charge on any atom is -0.349 e. The molecule has 2 fully saturated rings. The third-order valence-electron chi connectivity index (χ3n) is 3.17. The van der Waals surface area contributed by atoms with E-state index < -0.39 is 0 Å². The molecule has 2 saturated carbocycles. The van der Waals surface area contributed by atoms with E-state index in [0.717, 1.165) is 25.7 Å². The summed E-state index contributed by atoms with van der Waals surface area (Å²) in [6, 6.07) is 0. The Morgan fingerprint density at radius 2 is 2.00 bits per heavy atom. The maximum atomic E-state index is 11.6. The van der Waals surface area contributed by atoms with Crippen molar-refractivity contribution in [1.29, 1.82) is 0 Å². The van der Waals surface area contributed by atoms with E-state index in [9.17, 15) is 4.79 Å². The van der Waals surface area contributed by atoms with Crippen molar-refractivity contribution in [2.45, 2.75) is 38.1 Å². The van der Waals surface area contributed by atoms with Gasteiger partial charge in [0, 0.05) is 12.0 Å². The molecule has 0 unspecified atom stereocenters. The molecule has 0 aromatic heterocycles. The molecule has 0 heterocycles. The van der Waals surface area contributed by atoms with Crippen LogP contribution in [0, 0.1) is 5.41 Å². The van der Waals surface area contributed by atoms with Crippen LogP contribution in [0.1, 0.15) is 32.6 Å². The Morgan fingerprint density at radius 3 is 2.33 bits per heavy atom. The fourth-order valence-corrected chi connectivity index (χ4v) is 1.34. The molecule has 0 aliphatic heterocycles. The van der Waals surface area contributed by atoms with Crippen LogP contribution in [0.15, 0.2) is 0 Å². The molecule has 3 nitrogen and oxygen atoms in total. The van der Waals surface area contributed by atoms with Crippen molar-refractivity contribution in [3.63, 3.8) is 0 Å². The van der Waals surface area contributed by atoms with Crippen LogP contribution in [0.3, 0.4) is 0 Å². The summed E-state index contributed by atoms with van der Waals surface area (Å²) in [6.45, 7) is 2.61.